The van der Waals surface area contributed by atoms with Crippen molar-refractivity contribution >= 4 is 17.6 Å². The molecule has 1 aliphatic carbocycles. The minimum atomic E-state index is -0.756. The number of methoxy groups -OCH3 is 1. The Morgan fingerprint density at radius 1 is 1.38 bits per heavy atom. The summed E-state index contributed by atoms with van der Waals surface area (Å²) in [6.07, 6.45) is 2.31. The molecular formula is C15H21ClN2O3. The zero-order valence-corrected chi connectivity index (χ0v) is 12.8. The van der Waals surface area contributed by atoms with Crippen LogP contribution in [0.2, 0.25) is 5.02 Å². The highest BCUT2D eigenvalue weighted by molar-refractivity contribution is 6.30. The van der Waals surface area contributed by atoms with E-state index in [0.717, 1.165) is 19.3 Å². The summed E-state index contributed by atoms with van der Waals surface area (Å²) in [5.74, 6) is 0. The maximum Gasteiger partial charge on any atom is 0.314 e. The molecule has 1 unspecified atom stereocenters. The highest BCUT2D eigenvalue weighted by atomic mass is 35.5. The number of aliphatic hydroxyl groups is 1. The SMILES string of the molecule is COC1(CNC(=O)NCC(O)c2ccc(Cl)cc2)CCC1. The summed E-state index contributed by atoms with van der Waals surface area (Å²) in [5.41, 5.74) is 0.513. The Bertz CT molecular complexity index is 469. The molecule has 2 amide bonds. The fourth-order valence-electron chi connectivity index (χ4n) is 2.32. The van der Waals surface area contributed by atoms with Crippen LogP contribution in [0.3, 0.4) is 0 Å². The zero-order chi connectivity index (χ0) is 15.3. The summed E-state index contributed by atoms with van der Waals surface area (Å²) < 4.78 is 5.43. The number of aliphatic hydroxyl groups excluding tert-OH is 1. The Kier molecular flexibility index (Phi) is 5.45. The lowest BCUT2D eigenvalue weighted by Crippen LogP contribution is -2.51. The first kappa shape index (κ1) is 16.1. The van der Waals surface area contributed by atoms with E-state index in [-0.39, 0.29) is 18.2 Å². The van der Waals surface area contributed by atoms with Crippen molar-refractivity contribution < 1.29 is 14.6 Å². The van der Waals surface area contributed by atoms with Gasteiger partial charge in [-0.1, -0.05) is 23.7 Å². The second kappa shape index (κ2) is 7.11. The molecule has 0 heterocycles. The summed E-state index contributed by atoms with van der Waals surface area (Å²) in [6, 6.07) is 6.59. The molecule has 116 valence electrons. The van der Waals surface area contributed by atoms with Gasteiger partial charge in [-0.15, -0.1) is 0 Å². The number of rotatable bonds is 6. The van der Waals surface area contributed by atoms with Crippen LogP contribution < -0.4 is 10.6 Å². The summed E-state index contributed by atoms with van der Waals surface area (Å²) in [7, 11) is 1.67. The summed E-state index contributed by atoms with van der Waals surface area (Å²) in [6.45, 7) is 0.639. The first-order valence-electron chi connectivity index (χ1n) is 7.05. The van der Waals surface area contributed by atoms with Crippen LogP contribution in [0.5, 0.6) is 0 Å². The molecule has 1 saturated carbocycles. The van der Waals surface area contributed by atoms with Gasteiger partial charge in [0.1, 0.15) is 0 Å². The molecular weight excluding hydrogens is 292 g/mol. The molecule has 0 aromatic heterocycles. The average Bonchev–Trinajstić information content (AvgIpc) is 2.45. The third kappa shape index (κ3) is 4.33. The number of benzene rings is 1. The zero-order valence-electron chi connectivity index (χ0n) is 12.1. The van der Waals surface area contributed by atoms with Gasteiger partial charge in [-0.2, -0.15) is 0 Å². The van der Waals surface area contributed by atoms with E-state index < -0.39 is 6.10 Å². The van der Waals surface area contributed by atoms with Crippen molar-refractivity contribution in [3.63, 3.8) is 0 Å². The molecule has 1 aromatic carbocycles. The lowest BCUT2D eigenvalue weighted by molar-refractivity contribution is -0.0674. The molecule has 1 aliphatic rings. The van der Waals surface area contributed by atoms with E-state index in [2.05, 4.69) is 10.6 Å². The van der Waals surface area contributed by atoms with Crippen LogP contribution in [0.4, 0.5) is 4.79 Å². The number of halogens is 1. The van der Waals surface area contributed by atoms with Gasteiger partial charge >= 0.3 is 6.03 Å². The maximum atomic E-state index is 11.7. The van der Waals surface area contributed by atoms with Crippen LogP contribution in [-0.2, 0) is 4.74 Å². The number of ether oxygens (including phenoxy) is 1. The number of amides is 2. The van der Waals surface area contributed by atoms with Crippen LogP contribution in [0.25, 0.3) is 0 Å². The Balaban J connectivity index is 1.72. The van der Waals surface area contributed by atoms with Gasteiger partial charge in [0, 0.05) is 25.2 Å². The van der Waals surface area contributed by atoms with Crippen LogP contribution in [0.1, 0.15) is 30.9 Å². The molecule has 1 fully saturated rings. The molecule has 0 saturated heterocycles. The number of nitrogens with one attached hydrogen (secondary N) is 2. The largest absolute Gasteiger partial charge is 0.387 e. The van der Waals surface area contributed by atoms with Gasteiger partial charge in [0.25, 0.3) is 0 Å². The lowest BCUT2D eigenvalue weighted by atomic mass is 9.80. The van der Waals surface area contributed by atoms with E-state index in [1.807, 2.05) is 0 Å². The van der Waals surface area contributed by atoms with Gasteiger partial charge in [0.05, 0.1) is 11.7 Å². The monoisotopic (exact) mass is 312 g/mol. The number of hydrogen-bond acceptors (Lipinski definition) is 3. The number of urea groups is 1. The van der Waals surface area contributed by atoms with Crippen LogP contribution in [0.15, 0.2) is 24.3 Å². The van der Waals surface area contributed by atoms with Crippen LogP contribution in [-0.4, -0.2) is 36.9 Å². The third-order valence-electron chi connectivity index (χ3n) is 3.98. The predicted octanol–water partition coefficient (Wildman–Crippen LogP) is 2.24. The Morgan fingerprint density at radius 3 is 2.57 bits per heavy atom. The molecule has 1 atom stereocenters. The minimum Gasteiger partial charge on any atom is -0.387 e. The molecule has 3 N–H and O–H groups in total. The summed E-state index contributed by atoms with van der Waals surface area (Å²) in [5, 5.41) is 16.0. The van der Waals surface area contributed by atoms with Gasteiger partial charge in [-0.3, -0.25) is 0 Å². The number of hydrogen-bond donors (Lipinski definition) is 3. The van der Waals surface area contributed by atoms with Crippen molar-refractivity contribution in [2.24, 2.45) is 0 Å². The Morgan fingerprint density at radius 2 is 2.05 bits per heavy atom. The minimum absolute atomic E-state index is 0.146. The molecule has 6 heteroatoms. The van der Waals surface area contributed by atoms with E-state index in [0.29, 0.717) is 17.1 Å². The highest BCUT2D eigenvalue weighted by Crippen LogP contribution is 2.34. The van der Waals surface area contributed by atoms with Crippen molar-refractivity contribution in [3.8, 4) is 0 Å². The standard InChI is InChI=1S/C15H21ClN2O3/c1-21-15(7-2-8-15)10-18-14(20)17-9-13(19)11-3-5-12(16)6-4-11/h3-6,13,19H,2,7-10H2,1H3,(H2,17,18,20). The van der Waals surface area contributed by atoms with E-state index in [9.17, 15) is 9.90 Å². The number of carbonyl (C=O) groups excluding carboxylic acids is 1. The molecule has 2 rings (SSSR count). The molecule has 0 bridgehead atoms. The fourth-order valence-corrected chi connectivity index (χ4v) is 2.45. The van der Waals surface area contributed by atoms with Crippen molar-refractivity contribution in [1.29, 1.82) is 0 Å². The molecule has 5 nitrogen and oxygen atoms in total. The molecule has 1 aromatic rings. The van der Waals surface area contributed by atoms with Gasteiger partial charge in [0.15, 0.2) is 0 Å². The molecule has 0 spiro atoms. The fraction of sp³-hybridized carbons (Fsp3) is 0.533. The van der Waals surface area contributed by atoms with E-state index in [4.69, 9.17) is 16.3 Å². The average molecular weight is 313 g/mol. The highest BCUT2D eigenvalue weighted by Gasteiger charge is 2.37. The van der Waals surface area contributed by atoms with Crippen molar-refractivity contribution in [3.05, 3.63) is 34.9 Å². The van der Waals surface area contributed by atoms with Gasteiger partial charge in [-0.05, 0) is 37.0 Å². The normalized spacial score (nSPS) is 17.7. The second-order valence-corrected chi connectivity index (χ2v) is 5.81. The van der Waals surface area contributed by atoms with Crippen molar-refractivity contribution in [2.75, 3.05) is 20.2 Å². The smallest absolute Gasteiger partial charge is 0.314 e. The first-order valence-corrected chi connectivity index (χ1v) is 7.43. The Hall–Kier alpha value is -1.30. The Labute approximate surface area is 129 Å². The van der Waals surface area contributed by atoms with Gasteiger partial charge < -0.3 is 20.5 Å². The summed E-state index contributed by atoms with van der Waals surface area (Å²) in [4.78, 5) is 11.7. The predicted molar refractivity (Wildman–Crippen MR) is 81.4 cm³/mol. The first-order chi connectivity index (χ1) is 10.0. The lowest BCUT2D eigenvalue weighted by Gasteiger charge is -2.40. The maximum absolute atomic E-state index is 11.7. The topological polar surface area (TPSA) is 70.6 Å². The van der Waals surface area contributed by atoms with E-state index in [1.165, 1.54) is 0 Å². The third-order valence-corrected chi connectivity index (χ3v) is 4.23. The second-order valence-electron chi connectivity index (χ2n) is 5.37. The van der Waals surface area contributed by atoms with Crippen LogP contribution in [0, 0.1) is 0 Å². The van der Waals surface area contributed by atoms with Crippen molar-refractivity contribution in [1.82, 2.24) is 10.6 Å². The quantitative estimate of drug-likeness (QED) is 0.754. The molecule has 0 radical (unpaired) electrons. The van der Waals surface area contributed by atoms with Crippen molar-refractivity contribution in [2.45, 2.75) is 31.0 Å². The van der Waals surface area contributed by atoms with Gasteiger partial charge in [-0.25, -0.2) is 4.79 Å². The molecule has 0 aliphatic heterocycles. The number of carbonyl (C=O) groups is 1. The van der Waals surface area contributed by atoms with E-state index >= 15 is 0 Å². The summed E-state index contributed by atoms with van der Waals surface area (Å²) >= 11 is 5.79. The van der Waals surface area contributed by atoms with Gasteiger partial charge in [0.2, 0.25) is 0 Å². The van der Waals surface area contributed by atoms with Crippen LogP contribution >= 0.6 is 11.6 Å². The van der Waals surface area contributed by atoms with E-state index in [1.54, 1.807) is 31.4 Å². The molecule has 21 heavy (non-hydrogen) atoms.